The van der Waals surface area contributed by atoms with Crippen molar-refractivity contribution in [3.63, 3.8) is 0 Å². The maximum Gasteiger partial charge on any atom is 0.251 e. The number of halogens is 1. The molecule has 0 bridgehead atoms. The maximum absolute atomic E-state index is 13.6. The number of nitrogens with one attached hydrogen (secondary N) is 1. The van der Waals surface area contributed by atoms with Crippen molar-refractivity contribution in [2.24, 2.45) is 0 Å². The second kappa shape index (κ2) is 8.27. The van der Waals surface area contributed by atoms with E-state index in [0.717, 1.165) is 22.0 Å². The van der Waals surface area contributed by atoms with E-state index < -0.39 is 21.2 Å². The summed E-state index contributed by atoms with van der Waals surface area (Å²) in [5.41, 5.74) is 3.79. The van der Waals surface area contributed by atoms with E-state index in [1.807, 2.05) is 16.8 Å². The third-order valence-electron chi connectivity index (χ3n) is 7.19. The molecule has 2 fully saturated rings. The van der Waals surface area contributed by atoms with Crippen LogP contribution in [0.15, 0.2) is 67.0 Å². The number of amides is 1. The first-order chi connectivity index (χ1) is 17.2. The average Bonchev–Trinajstić information content (AvgIpc) is 3.58. The van der Waals surface area contributed by atoms with Crippen molar-refractivity contribution in [3.8, 4) is 16.9 Å². The molecule has 1 aliphatic heterocycles. The zero-order valence-corrected chi connectivity index (χ0v) is 20.7. The van der Waals surface area contributed by atoms with E-state index in [2.05, 4.69) is 34.6 Å². The number of sulfone groups is 1. The number of nitrogens with zero attached hydrogens (tertiary/aromatic N) is 2. The van der Waals surface area contributed by atoms with Gasteiger partial charge >= 0.3 is 0 Å². The van der Waals surface area contributed by atoms with Gasteiger partial charge in [0.15, 0.2) is 9.84 Å². The maximum atomic E-state index is 13.6. The van der Waals surface area contributed by atoms with Gasteiger partial charge in [0.05, 0.1) is 28.8 Å². The summed E-state index contributed by atoms with van der Waals surface area (Å²) >= 11 is 0. The van der Waals surface area contributed by atoms with E-state index in [1.54, 1.807) is 25.1 Å². The van der Waals surface area contributed by atoms with Gasteiger partial charge in [-0.15, -0.1) is 0 Å². The van der Waals surface area contributed by atoms with Crippen molar-refractivity contribution in [1.82, 2.24) is 14.9 Å². The summed E-state index contributed by atoms with van der Waals surface area (Å²) in [5.74, 6) is 0.419. The molecule has 36 heavy (non-hydrogen) atoms. The lowest BCUT2D eigenvalue weighted by molar-refractivity contribution is 0.0915. The summed E-state index contributed by atoms with van der Waals surface area (Å²) in [5, 5.41) is 3.88. The lowest BCUT2D eigenvalue weighted by atomic mass is 9.99. The molecule has 0 spiro atoms. The zero-order chi connectivity index (χ0) is 25.1. The van der Waals surface area contributed by atoms with Crippen molar-refractivity contribution in [2.75, 3.05) is 11.5 Å². The minimum atomic E-state index is -3.15. The van der Waals surface area contributed by atoms with E-state index in [4.69, 9.17) is 0 Å². The first-order valence-corrected chi connectivity index (χ1v) is 13.9. The monoisotopic (exact) mass is 503 g/mol. The standard InChI is InChI=1S/C28H26FN3O3S/c1-28(11-12-36(34,35)17-28)31-27(33)21-7-9-23-24(20-4-2-3-19(13-20)18-5-6-18)16-32(25(23)14-21)26-10-8-22(29)15-30-26/h2-4,7-10,13-16,18H,5-6,11-12,17H2,1H3,(H,31,33)/t28-/m0/s1. The van der Waals surface area contributed by atoms with Crippen LogP contribution in [0.1, 0.15) is 48.0 Å². The highest BCUT2D eigenvalue weighted by atomic mass is 32.2. The van der Waals surface area contributed by atoms with Gasteiger partial charge in [-0.3, -0.25) is 4.79 Å². The Kier molecular flexibility index (Phi) is 5.26. The van der Waals surface area contributed by atoms with Crippen molar-refractivity contribution < 1.29 is 17.6 Å². The SMILES string of the molecule is C[C@]1(NC(=O)c2ccc3c(-c4cccc(C5CC5)c4)cn(-c4ccc(F)cn4)c3c2)CCS(=O)(=O)C1. The Labute approximate surface area is 209 Å². The Morgan fingerprint density at radius 3 is 2.67 bits per heavy atom. The number of benzene rings is 2. The molecule has 4 aromatic rings. The minimum Gasteiger partial charge on any atom is -0.346 e. The predicted molar refractivity (Wildman–Crippen MR) is 138 cm³/mol. The highest BCUT2D eigenvalue weighted by Crippen LogP contribution is 2.42. The van der Waals surface area contributed by atoms with Crippen molar-refractivity contribution in [3.05, 3.63) is 83.9 Å². The van der Waals surface area contributed by atoms with Gasteiger partial charge in [0, 0.05) is 22.7 Å². The van der Waals surface area contributed by atoms with Crippen LogP contribution in [-0.2, 0) is 9.84 Å². The van der Waals surface area contributed by atoms with E-state index in [-0.39, 0.29) is 17.4 Å². The second-order valence-electron chi connectivity index (χ2n) is 10.2. The third-order valence-corrected chi connectivity index (χ3v) is 9.09. The zero-order valence-electron chi connectivity index (χ0n) is 19.9. The molecule has 1 saturated heterocycles. The molecule has 1 saturated carbocycles. The molecular formula is C28H26FN3O3S. The third kappa shape index (κ3) is 4.30. The molecule has 3 heterocycles. The number of hydrogen-bond donors (Lipinski definition) is 1. The van der Waals surface area contributed by atoms with Crippen LogP contribution < -0.4 is 5.32 Å². The van der Waals surface area contributed by atoms with Crippen molar-refractivity contribution >= 4 is 26.6 Å². The van der Waals surface area contributed by atoms with Crippen LogP contribution in [0.2, 0.25) is 0 Å². The number of carbonyl (C=O) groups excluding carboxylic acids is 1. The van der Waals surface area contributed by atoms with Gasteiger partial charge in [-0.2, -0.15) is 0 Å². The number of carbonyl (C=O) groups is 1. The molecule has 6 nitrogen and oxygen atoms in total. The predicted octanol–water partition coefficient (Wildman–Crippen LogP) is 5.02. The van der Waals surface area contributed by atoms with Gasteiger partial charge in [0.1, 0.15) is 11.6 Å². The Morgan fingerprint density at radius 1 is 1.14 bits per heavy atom. The molecule has 2 aromatic heterocycles. The van der Waals surface area contributed by atoms with E-state index >= 15 is 0 Å². The molecule has 1 atom stereocenters. The normalized spacial score (nSPS) is 21.1. The smallest absolute Gasteiger partial charge is 0.251 e. The molecule has 2 aromatic carbocycles. The summed E-state index contributed by atoms with van der Waals surface area (Å²) in [6.45, 7) is 1.77. The summed E-state index contributed by atoms with van der Waals surface area (Å²) in [7, 11) is -3.15. The van der Waals surface area contributed by atoms with Gasteiger partial charge in [0.25, 0.3) is 5.91 Å². The van der Waals surface area contributed by atoms with Crippen LogP contribution in [0.25, 0.3) is 27.8 Å². The minimum absolute atomic E-state index is 0.0641. The molecule has 1 aliphatic carbocycles. The van der Waals surface area contributed by atoms with Crippen LogP contribution in [0, 0.1) is 5.82 Å². The fourth-order valence-electron chi connectivity index (χ4n) is 5.13. The van der Waals surface area contributed by atoms with Gasteiger partial charge in [-0.1, -0.05) is 30.3 Å². The Balaban J connectivity index is 1.44. The largest absolute Gasteiger partial charge is 0.346 e. The molecule has 2 aliphatic rings. The lowest BCUT2D eigenvalue weighted by Gasteiger charge is -2.24. The number of fused-ring (bicyclic) bond motifs is 1. The molecule has 1 N–H and O–H groups in total. The van der Waals surface area contributed by atoms with Crippen LogP contribution in [0.3, 0.4) is 0 Å². The van der Waals surface area contributed by atoms with Crippen LogP contribution in [-0.4, -0.2) is 40.9 Å². The Hall–Kier alpha value is -3.52. The van der Waals surface area contributed by atoms with Crippen LogP contribution in [0.5, 0.6) is 0 Å². The molecular weight excluding hydrogens is 477 g/mol. The summed E-state index contributed by atoms with van der Waals surface area (Å²) < 4.78 is 39.4. The Morgan fingerprint density at radius 2 is 1.97 bits per heavy atom. The molecule has 184 valence electrons. The van der Waals surface area contributed by atoms with Gasteiger partial charge in [-0.25, -0.2) is 17.8 Å². The average molecular weight is 504 g/mol. The first kappa shape index (κ1) is 22.9. The molecule has 1 amide bonds. The number of pyridine rings is 1. The lowest BCUT2D eigenvalue weighted by Crippen LogP contribution is -2.46. The quantitative estimate of drug-likeness (QED) is 0.415. The number of aromatic nitrogens is 2. The number of rotatable bonds is 5. The second-order valence-corrected chi connectivity index (χ2v) is 12.4. The molecule has 0 unspecified atom stereocenters. The van der Waals surface area contributed by atoms with Crippen LogP contribution >= 0.6 is 0 Å². The fraction of sp³-hybridized carbons (Fsp3) is 0.286. The first-order valence-electron chi connectivity index (χ1n) is 12.1. The number of hydrogen-bond acceptors (Lipinski definition) is 4. The van der Waals surface area contributed by atoms with Crippen molar-refractivity contribution in [1.29, 1.82) is 0 Å². The fourth-order valence-corrected chi connectivity index (χ4v) is 7.22. The van der Waals surface area contributed by atoms with E-state index in [1.165, 1.54) is 30.7 Å². The highest BCUT2D eigenvalue weighted by Gasteiger charge is 2.39. The van der Waals surface area contributed by atoms with E-state index in [0.29, 0.717) is 23.7 Å². The van der Waals surface area contributed by atoms with E-state index in [9.17, 15) is 17.6 Å². The summed E-state index contributed by atoms with van der Waals surface area (Å²) in [4.78, 5) is 17.4. The van der Waals surface area contributed by atoms with Crippen molar-refractivity contribution in [2.45, 2.75) is 37.6 Å². The van der Waals surface area contributed by atoms with Crippen LogP contribution in [0.4, 0.5) is 4.39 Å². The highest BCUT2D eigenvalue weighted by molar-refractivity contribution is 7.91. The van der Waals surface area contributed by atoms with Gasteiger partial charge in [0.2, 0.25) is 0 Å². The Bertz CT molecular complexity index is 1610. The summed E-state index contributed by atoms with van der Waals surface area (Å²) in [6, 6.07) is 17.0. The molecule has 8 heteroatoms. The van der Waals surface area contributed by atoms with Gasteiger partial charge < -0.3 is 9.88 Å². The molecule has 0 radical (unpaired) electrons. The molecule has 6 rings (SSSR count). The summed E-state index contributed by atoms with van der Waals surface area (Å²) in [6.07, 6.45) is 5.96. The topological polar surface area (TPSA) is 81.1 Å². The van der Waals surface area contributed by atoms with Gasteiger partial charge in [-0.05, 0) is 67.5 Å².